The SMILES string of the molecule is Fc1[nH]ccc(=S)c1I. The smallest absolute Gasteiger partial charge is 0.205 e. The van der Waals surface area contributed by atoms with Crippen LogP contribution >= 0.6 is 34.8 Å². The third-order valence-electron chi connectivity index (χ3n) is 0.854. The maximum atomic E-state index is 12.4. The molecule has 0 aliphatic rings. The number of aromatic nitrogens is 1. The van der Waals surface area contributed by atoms with Crippen molar-refractivity contribution in [2.75, 3.05) is 0 Å². The molecule has 1 aromatic heterocycles. The van der Waals surface area contributed by atoms with Crippen LogP contribution in [0, 0.1) is 14.0 Å². The van der Waals surface area contributed by atoms with Crippen LogP contribution in [-0.4, -0.2) is 4.98 Å². The first-order valence-electron chi connectivity index (χ1n) is 2.24. The second-order valence-electron chi connectivity index (χ2n) is 1.47. The van der Waals surface area contributed by atoms with Crippen LogP contribution in [0.25, 0.3) is 0 Å². The van der Waals surface area contributed by atoms with E-state index >= 15 is 0 Å². The molecule has 0 bridgehead atoms. The molecule has 0 saturated carbocycles. The summed E-state index contributed by atoms with van der Waals surface area (Å²) in [5, 5.41) is 0. The van der Waals surface area contributed by atoms with Gasteiger partial charge in [0.25, 0.3) is 0 Å². The van der Waals surface area contributed by atoms with Gasteiger partial charge >= 0.3 is 0 Å². The minimum absolute atomic E-state index is 0.358. The van der Waals surface area contributed by atoms with Gasteiger partial charge in [0.1, 0.15) is 0 Å². The highest BCUT2D eigenvalue weighted by Crippen LogP contribution is 2.08. The van der Waals surface area contributed by atoms with Crippen LogP contribution in [0.4, 0.5) is 4.39 Å². The fraction of sp³-hybridized carbons (Fsp3) is 0. The van der Waals surface area contributed by atoms with Crippen LogP contribution in [0.15, 0.2) is 12.3 Å². The van der Waals surface area contributed by atoms with Gasteiger partial charge in [-0.25, -0.2) is 0 Å². The molecule has 0 aromatic carbocycles. The number of aromatic amines is 1. The van der Waals surface area contributed by atoms with E-state index in [9.17, 15) is 4.39 Å². The lowest BCUT2D eigenvalue weighted by atomic mass is 10.5. The zero-order chi connectivity index (χ0) is 6.85. The van der Waals surface area contributed by atoms with Gasteiger partial charge in [0.2, 0.25) is 5.95 Å². The van der Waals surface area contributed by atoms with E-state index in [1.807, 2.05) is 22.6 Å². The maximum Gasteiger partial charge on any atom is 0.205 e. The minimum Gasteiger partial charge on any atom is -0.338 e. The second-order valence-corrected chi connectivity index (χ2v) is 2.99. The summed E-state index contributed by atoms with van der Waals surface area (Å²) in [5.74, 6) is -0.358. The Labute approximate surface area is 70.4 Å². The summed E-state index contributed by atoms with van der Waals surface area (Å²) in [4.78, 5) is 2.40. The molecule has 1 rings (SSSR count). The fourth-order valence-electron chi connectivity index (χ4n) is 0.435. The molecule has 0 atom stereocenters. The molecule has 0 aliphatic heterocycles. The molecule has 1 aromatic rings. The van der Waals surface area contributed by atoms with Gasteiger partial charge in [-0.05, 0) is 28.7 Å². The molecule has 0 spiro atoms. The van der Waals surface area contributed by atoms with Crippen LogP contribution in [0.3, 0.4) is 0 Å². The molecule has 0 aliphatic carbocycles. The number of pyridine rings is 1. The molecule has 4 heteroatoms. The molecule has 48 valence electrons. The topological polar surface area (TPSA) is 15.8 Å². The maximum absolute atomic E-state index is 12.4. The number of halogens is 2. The molecule has 1 nitrogen and oxygen atoms in total. The Bertz CT molecular complexity index is 270. The van der Waals surface area contributed by atoms with Crippen LogP contribution in [0.2, 0.25) is 0 Å². The minimum atomic E-state index is -0.358. The molecule has 0 amide bonds. The average Bonchev–Trinajstić information content (AvgIpc) is 1.83. The van der Waals surface area contributed by atoms with Crippen molar-refractivity contribution in [2.24, 2.45) is 0 Å². The predicted octanol–water partition coefficient (Wildman–Crippen LogP) is 2.49. The first-order valence-corrected chi connectivity index (χ1v) is 3.73. The third-order valence-corrected chi connectivity index (χ3v) is 2.61. The van der Waals surface area contributed by atoms with E-state index in [4.69, 9.17) is 12.2 Å². The number of rotatable bonds is 0. The summed E-state index contributed by atoms with van der Waals surface area (Å²) >= 11 is 6.63. The zero-order valence-corrected chi connectivity index (χ0v) is 7.29. The average molecular weight is 255 g/mol. The van der Waals surface area contributed by atoms with Crippen molar-refractivity contribution in [1.82, 2.24) is 4.98 Å². The van der Waals surface area contributed by atoms with Gasteiger partial charge in [0, 0.05) is 6.20 Å². The lowest BCUT2D eigenvalue weighted by Gasteiger charge is -1.90. The van der Waals surface area contributed by atoms with E-state index in [1.165, 1.54) is 6.20 Å². The van der Waals surface area contributed by atoms with E-state index < -0.39 is 0 Å². The second kappa shape index (κ2) is 2.74. The van der Waals surface area contributed by atoms with Crippen LogP contribution in [0.1, 0.15) is 0 Å². The zero-order valence-electron chi connectivity index (χ0n) is 4.32. The summed E-state index contributed by atoms with van der Waals surface area (Å²) in [6, 6.07) is 1.65. The van der Waals surface area contributed by atoms with E-state index in [-0.39, 0.29) is 5.95 Å². The van der Waals surface area contributed by atoms with E-state index in [0.717, 1.165) is 0 Å². The highest BCUT2D eigenvalue weighted by Gasteiger charge is 1.95. The van der Waals surface area contributed by atoms with Crippen molar-refractivity contribution in [1.29, 1.82) is 0 Å². The molecule has 0 saturated heterocycles. The largest absolute Gasteiger partial charge is 0.338 e. The van der Waals surface area contributed by atoms with Crippen molar-refractivity contribution < 1.29 is 4.39 Å². The number of H-pyrrole nitrogens is 1. The van der Waals surface area contributed by atoms with E-state index in [1.54, 1.807) is 6.07 Å². The first-order chi connectivity index (χ1) is 4.22. The van der Waals surface area contributed by atoms with Gasteiger partial charge in [0.05, 0.1) is 8.08 Å². The molecular formula is C5H3FINS. The standard InChI is InChI=1S/C5H3FINS/c6-5-4(7)3(9)1-2-8-5/h1-2H,(H,8,9). The normalized spacial score (nSPS) is 9.56. The molecule has 1 heterocycles. The lowest BCUT2D eigenvalue weighted by molar-refractivity contribution is 0.575. The summed E-state index contributed by atoms with van der Waals surface area (Å²) in [7, 11) is 0. The van der Waals surface area contributed by atoms with Crippen LogP contribution < -0.4 is 0 Å². The summed E-state index contributed by atoms with van der Waals surface area (Å²) < 4.78 is 13.5. The van der Waals surface area contributed by atoms with Crippen LogP contribution in [-0.2, 0) is 0 Å². The van der Waals surface area contributed by atoms with Gasteiger partial charge in [-0.15, -0.1) is 0 Å². The van der Waals surface area contributed by atoms with Crippen molar-refractivity contribution in [2.45, 2.75) is 0 Å². The third kappa shape index (κ3) is 1.48. The van der Waals surface area contributed by atoms with Gasteiger partial charge < -0.3 is 4.98 Å². The molecule has 1 N–H and O–H groups in total. The Morgan fingerprint density at radius 1 is 1.67 bits per heavy atom. The van der Waals surface area contributed by atoms with Crippen LogP contribution in [0.5, 0.6) is 0 Å². The Morgan fingerprint density at radius 3 is 2.78 bits per heavy atom. The highest BCUT2D eigenvalue weighted by molar-refractivity contribution is 14.1. The molecular weight excluding hydrogens is 252 g/mol. The monoisotopic (exact) mass is 255 g/mol. The Hall–Kier alpha value is 0.0300. The molecule has 0 radical (unpaired) electrons. The van der Waals surface area contributed by atoms with Gasteiger partial charge in [-0.1, -0.05) is 12.2 Å². The Kier molecular flexibility index (Phi) is 2.18. The van der Waals surface area contributed by atoms with Gasteiger partial charge in [-0.2, -0.15) is 4.39 Å². The summed E-state index contributed by atoms with van der Waals surface area (Å²) in [6.45, 7) is 0. The van der Waals surface area contributed by atoms with E-state index in [2.05, 4.69) is 4.98 Å². The number of hydrogen-bond acceptors (Lipinski definition) is 1. The number of nitrogens with one attached hydrogen (secondary N) is 1. The van der Waals surface area contributed by atoms with Crippen molar-refractivity contribution in [3.8, 4) is 0 Å². The predicted molar refractivity (Wildman–Crippen MR) is 44.3 cm³/mol. The molecule has 0 fully saturated rings. The van der Waals surface area contributed by atoms with Crippen molar-refractivity contribution in [3.63, 3.8) is 0 Å². The molecule has 0 unspecified atom stereocenters. The summed E-state index contributed by atoms with van der Waals surface area (Å²) in [6.07, 6.45) is 1.49. The van der Waals surface area contributed by atoms with Gasteiger partial charge in [-0.3, -0.25) is 0 Å². The fourth-order valence-corrected chi connectivity index (χ4v) is 0.928. The Balaban J connectivity index is 3.43. The quantitative estimate of drug-likeness (QED) is 0.428. The Morgan fingerprint density at radius 2 is 2.33 bits per heavy atom. The summed E-state index contributed by atoms with van der Waals surface area (Å²) in [5.41, 5.74) is 0. The number of hydrogen-bond donors (Lipinski definition) is 1. The van der Waals surface area contributed by atoms with Gasteiger partial charge in [0.15, 0.2) is 0 Å². The first kappa shape index (κ1) is 7.14. The van der Waals surface area contributed by atoms with E-state index in [0.29, 0.717) is 8.08 Å². The molecule has 9 heavy (non-hydrogen) atoms. The van der Waals surface area contributed by atoms with Crippen molar-refractivity contribution >= 4 is 34.8 Å². The highest BCUT2D eigenvalue weighted by atomic mass is 127. The van der Waals surface area contributed by atoms with Crippen molar-refractivity contribution in [3.05, 3.63) is 26.3 Å². The lowest BCUT2D eigenvalue weighted by Crippen LogP contribution is -1.85.